The predicted octanol–water partition coefficient (Wildman–Crippen LogP) is 6.81. The average molecular weight is 412 g/mol. The Kier molecular flexibility index (Phi) is 6.25. The van der Waals surface area contributed by atoms with Crippen molar-refractivity contribution >= 4 is 29.9 Å². The number of anilines is 1. The van der Waals surface area contributed by atoms with Crippen molar-refractivity contribution < 1.29 is 4.43 Å². The van der Waals surface area contributed by atoms with E-state index in [-0.39, 0.29) is 0 Å². The molecule has 0 radical (unpaired) electrons. The van der Waals surface area contributed by atoms with Crippen LogP contribution in [-0.2, 0) is 4.43 Å². The molecule has 1 aliphatic rings. The van der Waals surface area contributed by atoms with Crippen LogP contribution in [0.25, 0.3) is 0 Å². The molecule has 0 amide bonds. The molecule has 1 aromatic carbocycles. The molecule has 0 bridgehead atoms. The average Bonchev–Trinajstić information content (AvgIpc) is 2.45. The lowest BCUT2D eigenvalue weighted by atomic mass is 9.93. The maximum Gasteiger partial charge on any atom is 0.192 e. The zero-order valence-electron chi connectivity index (χ0n) is 16.4. The standard InChI is InChI=1S/C20H34BrNOSi/c1-14-12-17(13-15(2)19(14)21)22-16-8-10-18(11-9-16)23-24(6,7)20(3,4)5/h12-13,16,18,22H,8-11H2,1-7H3. The highest BCUT2D eigenvalue weighted by Crippen LogP contribution is 2.39. The minimum Gasteiger partial charge on any atom is -0.414 e. The van der Waals surface area contributed by atoms with Crippen molar-refractivity contribution in [3.8, 4) is 0 Å². The van der Waals surface area contributed by atoms with Crippen LogP contribution >= 0.6 is 15.9 Å². The van der Waals surface area contributed by atoms with E-state index in [1.807, 2.05) is 0 Å². The van der Waals surface area contributed by atoms with Crippen LogP contribution in [0.1, 0.15) is 57.6 Å². The Morgan fingerprint density at radius 2 is 1.54 bits per heavy atom. The van der Waals surface area contributed by atoms with Crippen LogP contribution in [0, 0.1) is 13.8 Å². The SMILES string of the molecule is Cc1cc(NC2CCC(O[Si](C)(C)C(C)(C)C)CC2)cc(C)c1Br. The van der Waals surface area contributed by atoms with Gasteiger partial charge in [-0.3, -0.25) is 0 Å². The molecule has 2 rings (SSSR count). The summed E-state index contributed by atoms with van der Waals surface area (Å²) in [5.41, 5.74) is 3.85. The predicted molar refractivity (Wildman–Crippen MR) is 112 cm³/mol. The summed E-state index contributed by atoms with van der Waals surface area (Å²) in [7, 11) is -1.64. The van der Waals surface area contributed by atoms with Gasteiger partial charge in [0.05, 0.1) is 0 Å². The fraction of sp³-hybridized carbons (Fsp3) is 0.700. The van der Waals surface area contributed by atoms with Crippen molar-refractivity contribution in [2.24, 2.45) is 0 Å². The second-order valence-electron chi connectivity index (χ2n) is 8.92. The summed E-state index contributed by atoms with van der Waals surface area (Å²) in [6.45, 7) is 16.0. The molecule has 1 fully saturated rings. The third-order valence-electron chi connectivity index (χ3n) is 5.75. The maximum atomic E-state index is 6.60. The second kappa shape index (κ2) is 7.51. The molecule has 0 atom stereocenters. The lowest BCUT2D eigenvalue weighted by molar-refractivity contribution is 0.133. The first-order chi connectivity index (χ1) is 11.0. The van der Waals surface area contributed by atoms with Crippen molar-refractivity contribution in [2.45, 2.75) is 90.6 Å². The van der Waals surface area contributed by atoms with Gasteiger partial charge < -0.3 is 9.74 Å². The van der Waals surface area contributed by atoms with Gasteiger partial charge in [0.15, 0.2) is 8.32 Å². The molecule has 0 saturated heterocycles. The van der Waals surface area contributed by atoms with E-state index < -0.39 is 8.32 Å². The van der Waals surface area contributed by atoms with Crippen LogP contribution in [0.5, 0.6) is 0 Å². The van der Waals surface area contributed by atoms with Crippen LogP contribution in [0.4, 0.5) is 5.69 Å². The van der Waals surface area contributed by atoms with Crippen molar-refractivity contribution in [1.29, 1.82) is 0 Å². The monoisotopic (exact) mass is 411 g/mol. The molecule has 1 aliphatic carbocycles. The van der Waals surface area contributed by atoms with Gasteiger partial charge in [-0.1, -0.05) is 36.7 Å². The fourth-order valence-corrected chi connectivity index (χ4v) is 4.83. The normalized spacial score (nSPS) is 22.5. The summed E-state index contributed by atoms with van der Waals surface area (Å²) in [4.78, 5) is 0. The highest BCUT2D eigenvalue weighted by atomic mass is 79.9. The Labute approximate surface area is 158 Å². The van der Waals surface area contributed by atoms with Gasteiger partial charge in [-0.15, -0.1) is 0 Å². The molecule has 2 nitrogen and oxygen atoms in total. The molecule has 0 aliphatic heterocycles. The summed E-state index contributed by atoms with van der Waals surface area (Å²) in [5.74, 6) is 0. The minimum atomic E-state index is -1.64. The van der Waals surface area contributed by atoms with Crippen LogP contribution in [0.3, 0.4) is 0 Å². The van der Waals surface area contributed by atoms with Crippen LogP contribution < -0.4 is 5.32 Å². The van der Waals surface area contributed by atoms with Gasteiger partial charge in [0, 0.05) is 22.3 Å². The van der Waals surface area contributed by atoms with Crippen LogP contribution in [0.15, 0.2) is 16.6 Å². The first-order valence-electron chi connectivity index (χ1n) is 9.21. The zero-order chi connectivity index (χ0) is 18.1. The molecular formula is C20H34BrNOSi. The third-order valence-corrected chi connectivity index (χ3v) is 11.5. The van der Waals surface area contributed by atoms with E-state index in [1.165, 1.54) is 47.0 Å². The zero-order valence-corrected chi connectivity index (χ0v) is 19.0. The number of aryl methyl sites for hydroxylation is 2. The molecule has 1 saturated carbocycles. The Morgan fingerprint density at radius 1 is 1.04 bits per heavy atom. The lowest BCUT2D eigenvalue weighted by Crippen LogP contribution is -2.45. The van der Waals surface area contributed by atoms with Crippen LogP contribution in [-0.4, -0.2) is 20.5 Å². The van der Waals surface area contributed by atoms with Crippen LogP contribution in [0.2, 0.25) is 18.1 Å². The van der Waals surface area contributed by atoms with Gasteiger partial charge in [-0.2, -0.15) is 0 Å². The summed E-state index contributed by atoms with van der Waals surface area (Å²) >= 11 is 3.65. The van der Waals surface area contributed by atoms with E-state index in [2.05, 4.69) is 81.1 Å². The summed E-state index contributed by atoms with van der Waals surface area (Å²) < 4.78 is 7.82. The van der Waals surface area contributed by atoms with Gasteiger partial charge in [0.25, 0.3) is 0 Å². The lowest BCUT2D eigenvalue weighted by Gasteiger charge is -2.41. The number of halogens is 1. The molecular weight excluding hydrogens is 378 g/mol. The summed E-state index contributed by atoms with van der Waals surface area (Å²) in [5, 5.41) is 4.04. The fourth-order valence-electron chi connectivity index (χ4n) is 3.18. The van der Waals surface area contributed by atoms with Crippen molar-refractivity contribution in [3.05, 3.63) is 27.7 Å². The summed E-state index contributed by atoms with van der Waals surface area (Å²) in [6, 6.07) is 5.06. The topological polar surface area (TPSA) is 21.3 Å². The Balaban J connectivity index is 1.89. The van der Waals surface area contributed by atoms with Crippen molar-refractivity contribution in [3.63, 3.8) is 0 Å². The maximum absolute atomic E-state index is 6.60. The van der Waals surface area contributed by atoms with Gasteiger partial charge in [-0.05, 0) is 80.9 Å². The first kappa shape index (κ1) is 20.0. The van der Waals surface area contributed by atoms with Gasteiger partial charge in [0.1, 0.15) is 0 Å². The number of hydrogen-bond acceptors (Lipinski definition) is 2. The molecule has 0 unspecified atom stereocenters. The molecule has 1 aromatic rings. The van der Waals surface area contributed by atoms with Gasteiger partial charge in [0.2, 0.25) is 0 Å². The van der Waals surface area contributed by atoms with E-state index in [0.29, 0.717) is 17.2 Å². The molecule has 1 N–H and O–H groups in total. The smallest absolute Gasteiger partial charge is 0.192 e. The molecule has 136 valence electrons. The quantitative estimate of drug-likeness (QED) is 0.549. The Morgan fingerprint density at radius 3 is 2.00 bits per heavy atom. The largest absolute Gasteiger partial charge is 0.414 e. The molecule has 0 heterocycles. The van der Waals surface area contributed by atoms with E-state index in [0.717, 1.165) is 0 Å². The van der Waals surface area contributed by atoms with Crippen molar-refractivity contribution in [2.75, 3.05) is 5.32 Å². The van der Waals surface area contributed by atoms with Gasteiger partial charge >= 0.3 is 0 Å². The van der Waals surface area contributed by atoms with E-state index in [9.17, 15) is 0 Å². The molecule has 0 aromatic heterocycles. The first-order valence-corrected chi connectivity index (χ1v) is 12.9. The Hall–Kier alpha value is -0.323. The highest BCUT2D eigenvalue weighted by Gasteiger charge is 2.39. The minimum absolute atomic E-state index is 0.300. The number of nitrogens with one attached hydrogen (secondary N) is 1. The van der Waals surface area contributed by atoms with E-state index in [4.69, 9.17) is 4.43 Å². The van der Waals surface area contributed by atoms with Crippen molar-refractivity contribution in [1.82, 2.24) is 0 Å². The number of rotatable bonds is 4. The van der Waals surface area contributed by atoms with E-state index >= 15 is 0 Å². The number of benzene rings is 1. The second-order valence-corrected chi connectivity index (χ2v) is 14.5. The summed E-state index contributed by atoms with van der Waals surface area (Å²) in [6.07, 6.45) is 5.22. The molecule has 0 spiro atoms. The van der Waals surface area contributed by atoms with Gasteiger partial charge in [-0.25, -0.2) is 0 Å². The Bertz CT molecular complexity index is 548. The van der Waals surface area contributed by atoms with E-state index in [1.54, 1.807) is 0 Å². The number of hydrogen-bond donors (Lipinski definition) is 1. The molecule has 4 heteroatoms. The highest BCUT2D eigenvalue weighted by molar-refractivity contribution is 9.10. The molecule has 24 heavy (non-hydrogen) atoms. The third kappa shape index (κ3) is 4.86.